The number of allylic oxidation sites excluding steroid dienone is 3. The summed E-state index contributed by atoms with van der Waals surface area (Å²) in [6.07, 6.45) is 43.7. The summed E-state index contributed by atoms with van der Waals surface area (Å²) in [7, 11) is -4.44. The summed E-state index contributed by atoms with van der Waals surface area (Å²) in [5.74, 6) is -1.54. The van der Waals surface area contributed by atoms with E-state index in [1.165, 1.54) is 154 Å². The number of rotatable bonds is 39. The highest BCUT2D eigenvalue weighted by atomic mass is 32.2. The average molecular weight is 742 g/mol. The molecule has 1 amide bonds. The first-order valence-electron chi connectivity index (χ1n) is 21.6. The molecule has 51 heavy (non-hydrogen) atoms. The molecule has 0 fully saturated rings. The van der Waals surface area contributed by atoms with Crippen molar-refractivity contribution in [1.29, 1.82) is 0 Å². The van der Waals surface area contributed by atoms with Gasteiger partial charge in [0.2, 0.25) is 5.91 Å². The molecule has 0 bridgehead atoms. The molecule has 0 aromatic heterocycles. The highest BCUT2D eigenvalue weighted by Crippen LogP contribution is 2.15. The van der Waals surface area contributed by atoms with Gasteiger partial charge >= 0.3 is 0 Å². The van der Waals surface area contributed by atoms with Crippen LogP contribution in [0.2, 0.25) is 0 Å². The lowest BCUT2D eigenvalue weighted by Crippen LogP contribution is -2.50. The number of carbonyl (C=O) groups is 1. The van der Waals surface area contributed by atoms with Gasteiger partial charge in [-0.2, -0.15) is 8.42 Å². The summed E-state index contributed by atoms with van der Waals surface area (Å²) >= 11 is 0. The molecule has 0 aliphatic rings. The van der Waals surface area contributed by atoms with Crippen LogP contribution in [0.1, 0.15) is 219 Å². The molecule has 302 valence electrons. The number of aliphatic hydroxyl groups excluding tert-OH is 2. The van der Waals surface area contributed by atoms with Crippen molar-refractivity contribution >= 4 is 16.0 Å². The SMILES string of the molecule is CCCCCCCCCC/C=C\CCCCCCCCC(O)C(=O)NC(CS(=O)(=O)O)C(O)/C=C/CCCCCCCCCCCCCCCC. The lowest BCUT2D eigenvalue weighted by molar-refractivity contribution is -0.130. The van der Waals surface area contributed by atoms with Crippen LogP contribution in [0.5, 0.6) is 0 Å². The van der Waals surface area contributed by atoms with Crippen LogP contribution in [-0.4, -0.2) is 53.1 Å². The molecule has 8 heteroatoms. The van der Waals surface area contributed by atoms with Gasteiger partial charge in [0.1, 0.15) is 6.10 Å². The van der Waals surface area contributed by atoms with Crippen LogP contribution in [0.15, 0.2) is 24.3 Å². The highest BCUT2D eigenvalue weighted by molar-refractivity contribution is 7.85. The van der Waals surface area contributed by atoms with E-state index in [0.717, 1.165) is 44.9 Å². The van der Waals surface area contributed by atoms with E-state index in [4.69, 9.17) is 0 Å². The van der Waals surface area contributed by atoms with Crippen LogP contribution in [0.3, 0.4) is 0 Å². The second-order valence-electron chi connectivity index (χ2n) is 15.1. The van der Waals surface area contributed by atoms with Crippen molar-refractivity contribution in [3.8, 4) is 0 Å². The van der Waals surface area contributed by atoms with Crippen molar-refractivity contribution in [2.45, 2.75) is 238 Å². The monoisotopic (exact) mass is 742 g/mol. The van der Waals surface area contributed by atoms with Gasteiger partial charge in [-0.25, -0.2) is 0 Å². The van der Waals surface area contributed by atoms with Gasteiger partial charge < -0.3 is 15.5 Å². The van der Waals surface area contributed by atoms with Gasteiger partial charge in [-0.15, -0.1) is 0 Å². The van der Waals surface area contributed by atoms with Crippen molar-refractivity contribution < 1.29 is 28.0 Å². The van der Waals surface area contributed by atoms with E-state index in [-0.39, 0.29) is 6.42 Å². The molecule has 3 atom stereocenters. The minimum Gasteiger partial charge on any atom is -0.387 e. The number of hydrogen-bond acceptors (Lipinski definition) is 5. The fourth-order valence-corrected chi connectivity index (χ4v) is 7.36. The van der Waals surface area contributed by atoms with Crippen LogP contribution in [0, 0.1) is 0 Å². The number of amides is 1. The Morgan fingerprint density at radius 2 is 0.863 bits per heavy atom. The topological polar surface area (TPSA) is 124 Å². The van der Waals surface area contributed by atoms with Crippen LogP contribution in [0.25, 0.3) is 0 Å². The van der Waals surface area contributed by atoms with Crippen molar-refractivity contribution in [2.75, 3.05) is 5.75 Å². The van der Waals surface area contributed by atoms with Gasteiger partial charge in [0, 0.05) is 0 Å². The van der Waals surface area contributed by atoms with Gasteiger partial charge in [0.05, 0.1) is 17.9 Å². The zero-order valence-electron chi connectivity index (χ0n) is 33.4. The highest BCUT2D eigenvalue weighted by Gasteiger charge is 2.27. The summed E-state index contributed by atoms with van der Waals surface area (Å²) in [6, 6.07) is -1.23. The van der Waals surface area contributed by atoms with E-state index in [1.54, 1.807) is 6.08 Å². The summed E-state index contributed by atoms with van der Waals surface area (Å²) in [5, 5.41) is 23.4. The molecule has 0 saturated heterocycles. The minimum atomic E-state index is -4.44. The smallest absolute Gasteiger partial charge is 0.267 e. The van der Waals surface area contributed by atoms with Gasteiger partial charge in [0.15, 0.2) is 0 Å². The van der Waals surface area contributed by atoms with Crippen molar-refractivity contribution in [2.24, 2.45) is 0 Å². The lowest BCUT2D eigenvalue weighted by Gasteiger charge is -2.22. The average Bonchev–Trinajstić information content (AvgIpc) is 3.09. The number of unbranched alkanes of at least 4 members (excludes halogenated alkanes) is 28. The largest absolute Gasteiger partial charge is 0.387 e. The van der Waals surface area contributed by atoms with Crippen LogP contribution in [0.4, 0.5) is 0 Å². The molecule has 0 aliphatic heterocycles. The normalized spacial score (nSPS) is 14.1. The van der Waals surface area contributed by atoms with E-state index >= 15 is 0 Å². The zero-order valence-corrected chi connectivity index (χ0v) is 34.2. The lowest BCUT2D eigenvalue weighted by atomic mass is 10.0. The molecule has 0 aliphatic carbocycles. The summed E-state index contributed by atoms with van der Waals surface area (Å²) < 4.78 is 32.5. The Morgan fingerprint density at radius 3 is 1.24 bits per heavy atom. The Balaban J connectivity index is 4.01. The second kappa shape index (κ2) is 37.1. The van der Waals surface area contributed by atoms with Crippen molar-refractivity contribution in [3.05, 3.63) is 24.3 Å². The van der Waals surface area contributed by atoms with Crippen molar-refractivity contribution in [3.63, 3.8) is 0 Å². The first-order valence-corrected chi connectivity index (χ1v) is 23.3. The van der Waals surface area contributed by atoms with E-state index in [2.05, 4.69) is 31.3 Å². The summed E-state index contributed by atoms with van der Waals surface area (Å²) in [6.45, 7) is 4.52. The molecular weight excluding hydrogens is 659 g/mol. The number of nitrogens with one attached hydrogen (secondary N) is 1. The third-order valence-electron chi connectivity index (χ3n) is 9.98. The Kier molecular flexibility index (Phi) is 36.2. The Labute approximate surface area is 316 Å². The summed E-state index contributed by atoms with van der Waals surface area (Å²) in [4.78, 5) is 12.6. The molecule has 0 radical (unpaired) electrons. The van der Waals surface area contributed by atoms with Crippen LogP contribution in [-0.2, 0) is 14.9 Å². The molecule has 7 nitrogen and oxygen atoms in total. The van der Waals surface area contributed by atoms with E-state index in [1.807, 2.05) is 0 Å². The number of hydrogen-bond donors (Lipinski definition) is 4. The molecule has 0 aromatic rings. The predicted octanol–water partition coefficient (Wildman–Crippen LogP) is 11.7. The molecule has 3 unspecified atom stereocenters. The first kappa shape index (κ1) is 49.8. The maximum atomic E-state index is 12.6. The molecular formula is C43H83NO6S. The molecule has 0 aromatic carbocycles. The van der Waals surface area contributed by atoms with Gasteiger partial charge in [0.25, 0.3) is 10.1 Å². The fourth-order valence-electron chi connectivity index (χ4n) is 6.63. The van der Waals surface area contributed by atoms with Crippen LogP contribution < -0.4 is 5.32 Å². The van der Waals surface area contributed by atoms with Crippen molar-refractivity contribution in [1.82, 2.24) is 5.32 Å². The van der Waals surface area contributed by atoms with Crippen LogP contribution >= 0.6 is 0 Å². The molecule has 0 heterocycles. The minimum absolute atomic E-state index is 0.275. The standard InChI is InChI=1S/C43H83NO6S/c1-3-5-7-9-11-13-15-17-19-21-22-24-26-28-30-32-34-36-38-42(46)43(47)44-40(39-51(48,49)50)41(45)37-35-33-31-29-27-25-23-20-18-16-14-12-10-8-6-4-2/h21-22,35,37,40-42,45-46H,3-20,23-34,36,38-39H2,1-2H3,(H,44,47)(H,48,49,50)/b22-21-,37-35+. The molecule has 4 N–H and O–H groups in total. The molecule has 0 saturated carbocycles. The quantitative estimate of drug-likeness (QED) is 0.0282. The zero-order chi connectivity index (χ0) is 37.7. The van der Waals surface area contributed by atoms with E-state index in [0.29, 0.717) is 6.42 Å². The Bertz CT molecular complexity index is 921. The Hall–Kier alpha value is -1.22. The van der Waals surface area contributed by atoms with E-state index in [9.17, 15) is 28.0 Å². The fraction of sp³-hybridized carbons (Fsp3) is 0.884. The first-order chi connectivity index (χ1) is 24.7. The number of carbonyl (C=O) groups excluding carboxylic acids is 1. The maximum Gasteiger partial charge on any atom is 0.267 e. The Morgan fingerprint density at radius 1 is 0.529 bits per heavy atom. The third-order valence-corrected chi connectivity index (χ3v) is 10.8. The third kappa shape index (κ3) is 36.9. The number of aliphatic hydroxyl groups is 2. The molecule has 0 spiro atoms. The maximum absolute atomic E-state index is 12.6. The van der Waals surface area contributed by atoms with Gasteiger partial charge in [-0.1, -0.05) is 199 Å². The second-order valence-corrected chi connectivity index (χ2v) is 16.6. The van der Waals surface area contributed by atoms with Gasteiger partial charge in [-0.05, 0) is 44.9 Å². The summed E-state index contributed by atoms with van der Waals surface area (Å²) in [5.41, 5.74) is 0. The van der Waals surface area contributed by atoms with Gasteiger partial charge in [-0.3, -0.25) is 9.35 Å². The van der Waals surface area contributed by atoms with E-state index < -0.39 is 40.0 Å². The predicted molar refractivity (Wildman–Crippen MR) is 218 cm³/mol. The molecule has 0 rings (SSSR count).